The van der Waals surface area contributed by atoms with Crippen molar-refractivity contribution < 1.29 is 14.3 Å². The van der Waals surface area contributed by atoms with Gasteiger partial charge in [-0.05, 0) is 51.5 Å². The molecule has 2 fully saturated rings. The van der Waals surface area contributed by atoms with E-state index in [2.05, 4.69) is 15.1 Å². The van der Waals surface area contributed by atoms with Crippen molar-refractivity contribution >= 4 is 17.7 Å². The maximum absolute atomic E-state index is 12.6. The summed E-state index contributed by atoms with van der Waals surface area (Å²) in [7, 11) is 0. The number of aryl methyl sites for hydroxylation is 2. The predicted octanol–water partition coefficient (Wildman–Crippen LogP) is 2.08. The van der Waals surface area contributed by atoms with Gasteiger partial charge in [0.2, 0.25) is 0 Å². The van der Waals surface area contributed by atoms with Gasteiger partial charge in [0.25, 0.3) is 17.5 Å². The number of carbonyl (C=O) groups excluding carboxylic acids is 2. The normalized spacial score (nSPS) is 22.5. The van der Waals surface area contributed by atoms with Gasteiger partial charge in [-0.1, -0.05) is 12.8 Å². The van der Waals surface area contributed by atoms with E-state index >= 15 is 0 Å². The van der Waals surface area contributed by atoms with Crippen LogP contribution in [-0.4, -0.2) is 55.6 Å². The van der Waals surface area contributed by atoms with E-state index in [1.54, 1.807) is 0 Å². The van der Waals surface area contributed by atoms with Crippen molar-refractivity contribution in [2.75, 3.05) is 13.2 Å². The van der Waals surface area contributed by atoms with Crippen molar-refractivity contribution in [1.82, 2.24) is 24.5 Å². The van der Waals surface area contributed by atoms with Crippen molar-refractivity contribution in [3.05, 3.63) is 23.3 Å². The van der Waals surface area contributed by atoms with Crippen LogP contribution in [0.5, 0.6) is 0 Å². The van der Waals surface area contributed by atoms with E-state index in [9.17, 15) is 9.59 Å². The third-order valence-corrected chi connectivity index (χ3v) is 5.69. The Bertz CT molecular complexity index is 876. The summed E-state index contributed by atoms with van der Waals surface area (Å²) in [5, 5.41) is 4.15. The second-order valence-corrected chi connectivity index (χ2v) is 7.60. The van der Waals surface area contributed by atoms with Crippen LogP contribution in [0.15, 0.2) is 6.07 Å². The maximum atomic E-state index is 12.6. The molecule has 8 nitrogen and oxygen atoms in total. The standard InChI is InChI=1S/C19H25N5O3/c1-12-10-13(2)24-19(20-12)21-17(22-24)18(26)27-11-16(25)23-9-5-7-14-6-3-4-8-15(14)23/h10,14-15H,3-9,11H2,1-2H3/t14-,15+/m0/s1. The number of aromatic nitrogens is 4. The maximum Gasteiger partial charge on any atom is 0.378 e. The average Bonchev–Trinajstić information content (AvgIpc) is 3.10. The summed E-state index contributed by atoms with van der Waals surface area (Å²) in [4.78, 5) is 35.3. The molecule has 0 bridgehead atoms. The number of fused-ring (bicyclic) bond motifs is 2. The highest BCUT2D eigenvalue weighted by atomic mass is 16.5. The summed E-state index contributed by atoms with van der Waals surface area (Å²) in [6, 6.07) is 2.17. The van der Waals surface area contributed by atoms with Crippen molar-refractivity contribution in [2.24, 2.45) is 5.92 Å². The predicted molar refractivity (Wildman–Crippen MR) is 97.2 cm³/mol. The summed E-state index contributed by atoms with van der Waals surface area (Å²) in [6.07, 6.45) is 6.91. The number of esters is 1. The number of rotatable bonds is 3. The van der Waals surface area contributed by atoms with Gasteiger partial charge < -0.3 is 9.64 Å². The summed E-state index contributed by atoms with van der Waals surface area (Å²) >= 11 is 0. The van der Waals surface area contributed by atoms with E-state index in [4.69, 9.17) is 4.74 Å². The van der Waals surface area contributed by atoms with Crippen molar-refractivity contribution in [2.45, 2.75) is 58.4 Å². The van der Waals surface area contributed by atoms with Crippen LogP contribution in [0, 0.1) is 19.8 Å². The van der Waals surface area contributed by atoms with Crippen molar-refractivity contribution in [1.29, 1.82) is 0 Å². The van der Waals surface area contributed by atoms with Gasteiger partial charge in [-0.2, -0.15) is 4.98 Å². The molecule has 2 aliphatic rings. The second-order valence-electron chi connectivity index (χ2n) is 7.60. The Morgan fingerprint density at radius 3 is 2.78 bits per heavy atom. The molecule has 3 heterocycles. The Labute approximate surface area is 157 Å². The number of ether oxygens (including phenoxy) is 1. The molecule has 0 radical (unpaired) electrons. The fraction of sp³-hybridized carbons (Fsp3) is 0.632. The van der Waals surface area contributed by atoms with Gasteiger partial charge in [0.1, 0.15) is 0 Å². The highest BCUT2D eigenvalue weighted by Gasteiger charge is 2.36. The van der Waals surface area contributed by atoms with E-state index in [1.165, 1.54) is 30.2 Å². The van der Waals surface area contributed by atoms with E-state index in [-0.39, 0.29) is 18.3 Å². The van der Waals surface area contributed by atoms with Crippen LogP contribution in [0.4, 0.5) is 0 Å². The average molecular weight is 371 g/mol. The SMILES string of the molecule is Cc1cc(C)n2nc(C(=O)OCC(=O)N3CCC[C@@H]4CCCC[C@H]43)nc2n1. The molecule has 2 aromatic rings. The summed E-state index contributed by atoms with van der Waals surface area (Å²) < 4.78 is 6.73. The Morgan fingerprint density at radius 2 is 1.93 bits per heavy atom. The molecule has 8 heteroatoms. The molecule has 2 atom stereocenters. The zero-order chi connectivity index (χ0) is 19.0. The zero-order valence-electron chi connectivity index (χ0n) is 15.8. The fourth-order valence-electron chi connectivity index (χ4n) is 4.46. The van der Waals surface area contributed by atoms with Crippen LogP contribution in [0.3, 0.4) is 0 Å². The van der Waals surface area contributed by atoms with Crippen molar-refractivity contribution in [3.8, 4) is 0 Å². The third-order valence-electron chi connectivity index (χ3n) is 5.69. The lowest BCUT2D eigenvalue weighted by Crippen LogP contribution is -2.50. The lowest BCUT2D eigenvalue weighted by molar-refractivity contribution is -0.140. The number of carbonyl (C=O) groups is 2. The van der Waals surface area contributed by atoms with Gasteiger partial charge in [-0.3, -0.25) is 4.79 Å². The van der Waals surface area contributed by atoms with Crippen LogP contribution >= 0.6 is 0 Å². The summed E-state index contributed by atoms with van der Waals surface area (Å²) in [5.74, 6) is 0.0755. The monoisotopic (exact) mass is 371 g/mol. The van der Waals surface area contributed by atoms with Gasteiger partial charge in [-0.25, -0.2) is 14.3 Å². The Kier molecular flexibility index (Phi) is 4.80. The Balaban J connectivity index is 1.41. The minimum absolute atomic E-state index is 0.0711. The zero-order valence-corrected chi connectivity index (χ0v) is 15.8. The third kappa shape index (κ3) is 3.52. The highest BCUT2D eigenvalue weighted by molar-refractivity contribution is 5.88. The second kappa shape index (κ2) is 7.25. The van der Waals surface area contributed by atoms with Gasteiger partial charge in [-0.15, -0.1) is 5.10 Å². The van der Waals surface area contributed by atoms with Crippen LogP contribution in [0.1, 0.15) is 60.5 Å². The lowest BCUT2D eigenvalue weighted by atomic mass is 9.78. The number of hydrogen-bond acceptors (Lipinski definition) is 6. The quantitative estimate of drug-likeness (QED) is 0.768. The first-order valence-corrected chi connectivity index (χ1v) is 9.70. The molecule has 1 aliphatic carbocycles. The number of likely N-dealkylation sites (tertiary alicyclic amines) is 1. The smallest absolute Gasteiger partial charge is 0.378 e. The molecule has 2 aromatic heterocycles. The fourth-order valence-corrected chi connectivity index (χ4v) is 4.46. The first-order chi connectivity index (χ1) is 13.0. The Hall–Kier alpha value is -2.51. The molecule has 0 aromatic carbocycles. The summed E-state index contributed by atoms with van der Waals surface area (Å²) in [5.41, 5.74) is 1.63. The molecule has 1 saturated heterocycles. The molecular weight excluding hydrogens is 346 g/mol. The van der Waals surface area contributed by atoms with E-state index in [0.717, 1.165) is 30.8 Å². The number of nitrogens with zero attached hydrogens (tertiary/aromatic N) is 5. The van der Waals surface area contributed by atoms with Gasteiger partial charge >= 0.3 is 5.97 Å². The van der Waals surface area contributed by atoms with E-state index < -0.39 is 5.97 Å². The van der Waals surface area contributed by atoms with Crippen LogP contribution < -0.4 is 0 Å². The highest BCUT2D eigenvalue weighted by Crippen LogP contribution is 2.35. The van der Waals surface area contributed by atoms with Crippen molar-refractivity contribution in [3.63, 3.8) is 0 Å². The number of piperidine rings is 1. The largest absolute Gasteiger partial charge is 0.450 e. The van der Waals surface area contributed by atoms with Gasteiger partial charge in [0, 0.05) is 24.0 Å². The molecular formula is C19H25N5O3. The minimum atomic E-state index is -0.692. The topological polar surface area (TPSA) is 89.7 Å². The Morgan fingerprint density at radius 1 is 1.15 bits per heavy atom. The molecule has 0 spiro atoms. The molecule has 1 amide bonds. The molecule has 27 heavy (non-hydrogen) atoms. The molecule has 0 N–H and O–H groups in total. The molecule has 0 unspecified atom stereocenters. The van der Waals surface area contributed by atoms with Gasteiger partial charge in [0.15, 0.2) is 6.61 Å². The van der Waals surface area contributed by atoms with E-state index in [0.29, 0.717) is 17.7 Å². The lowest BCUT2D eigenvalue weighted by Gasteiger charge is -2.44. The van der Waals surface area contributed by atoms with Gasteiger partial charge in [0.05, 0.1) is 0 Å². The molecule has 144 valence electrons. The first kappa shape index (κ1) is 17.9. The molecule has 4 rings (SSSR count). The number of hydrogen-bond donors (Lipinski definition) is 0. The number of amides is 1. The molecule has 1 aliphatic heterocycles. The first-order valence-electron chi connectivity index (χ1n) is 9.70. The molecule has 1 saturated carbocycles. The van der Waals surface area contributed by atoms with Crippen LogP contribution in [0.25, 0.3) is 5.78 Å². The van der Waals surface area contributed by atoms with Crippen LogP contribution in [0.2, 0.25) is 0 Å². The van der Waals surface area contributed by atoms with Crippen LogP contribution in [-0.2, 0) is 9.53 Å². The van der Waals surface area contributed by atoms with E-state index in [1.807, 2.05) is 24.8 Å². The minimum Gasteiger partial charge on any atom is -0.450 e. The summed E-state index contributed by atoms with van der Waals surface area (Å²) in [6.45, 7) is 4.22.